The summed E-state index contributed by atoms with van der Waals surface area (Å²) in [7, 11) is 0. The number of aromatic nitrogens is 1. The van der Waals surface area contributed by atoms with Crippen LogP contribution in [0.25, 0.3) is 10.9 Å². The summed E-state index contributed by atoms with van der Waals surface area (Å²) in [6, 6.07) is 17.4. The standard InChI is InChI=1S/C20H20N4O2/c25-19(18-12-23-20(26)24-18)22-10-15(13-6-2-1-3-7-13)16-11-21-17-9-5-4-8-14(16)17/h1-9,11,15,18,21H,10,12H2,(H,22,25)(H2,23,24,26)/t15-,18+/m0/s1. The van der Waals surface area contributed by atoms with Crippen molar-refractivity contribution in [2.45, 2.75) is 12.0 Å². The molecule has 6 nitrogen and oxygen atoms in total. The van der Waals surface area contributed by atoms with E-state index in [1.807, 2.05) is 42.6 Å². The minimum atomic E-state index is -0.526. The van der Waals surface area contributed by atoms with Gasteiger partial charge in [-0.15, -0.1) is 0 Å². The summed E-state index contributed by atoms with van der Waals surface area (Å²) < 4.78 is 0. The Hall–Kier alpha value is -3.28. The number of carbonyl (C=O) groups excluding carboxylic acids is 2. The maximum absolute atomic E-state index is 12.4. The highest BCUT2D eigenvalue weighted by Gasteiger charge is 2.27. The second-order valence-corrected chi connectivity index (χ2v) is 6.40. The molecule has 0 unspecified atom stereocenters. The van der Waals surface area contributed by atoms with Gasteiger partial charge in [-0.2, -0.15) is 0 Å². The zero-order chi connectivity index (χ0) is 17.9. The van der Waals surface area contributed by atoms with Crippen molar-refractivity contribution in [3.8, 4) is 0 Å². The smallest absolute Gasteiger partial charge is 0.315 e. The van der Waals surface area contributed by atoms with Crippen molar-refractivity contribution in [1.82, 2.24) is 20.9 Å². The van der Waals surface area contributed by atoms with Crippen molar-refractivity contribution in [2.24, 2.45) is 0 Å². The highest BCUT2D eigenvalue weighted by atomic mass is 16.2. The number of rotatable bonds is 5. The van der Waals surface area contributed by atoms with E-state index in [4.69, 9.17) is 0 Å². The summed E-state index contributed by atoms with van der Waals surface area (Å²) in [4.78, 5) is 26.9. The highest BCUT2D eigenvalue weighted by Crippen LogP contribution is 2.30. The summed E-state index contributed by atoms with van der Waals surface area (Å²) in [6.07, 6.45) is 2.01. The van der Waals surface area contributed by atoms with Crippen LogP contribution in [0, 0.1) is 0 Å². The summed E-state index contributed by atoms with van der Waals surface area (Å²) in [6.45, 7) is 0.769. The number of hydrogen-bond donors (Lipinski definition) is 4. The van der Waals surface area contributed by atoms with Gasteiger partial charge in [-0.05, 0) is 17.2 Å². The zero-order valence-electron chi connectivity index (χ0n) is 14.2. The maximum atomic E-state index is 12.4. The molecule has 1 aromatic heterocycles. The number of hydrogen-bond acceptors (Lipinski definition) is 2. The molecule has 0 saturated carbocycles. The molecule has 0 bridgehead atoms. The third-order valence-corrected chi connectivity index (χ3v) is 4.77. The number of fused-ring (bicyclic) bond motifs is 1. The molecule has 4 N–H and O–H groups in total. The molecule has 132 valence electrons. The topological polar surface area (TPSA) is 86.0 Å². The number of urea groups is 1. The van der Waals surface area contributed by atoms with Gasteiger partial charge >= 0.3 is 6.03 Å². The van der Waals surface area contributed by atoms with Crippen LogP contribution in [-0.2, 0) is 4.79 Å². The lowest BCUT2D eigenvalue weighted by Crippen LogP contribution is -2.44. The fourth-order valence-electron chi connectivity index (χ4n) is 3.41. The van der Waals surface area contributed by atoms with Gasteiger partial charge in [-0.25, -0.2) is 4.79 Å². The Bertz CT molecular complexity index is 935. The first-order chi connectivity index (χ1) is 12.7. The molecule has 2 aromatic carbocycles. The third kappa shape index (κ3) is 3.13. The van der Waals surface area contributed by atoms with Crippen molar-refractivity contribution < 1.29 is 9.59 Å². The van der Waals surface area contributed by atoms with Gasteiger partial charge in [-0.1, -0.05) is 48.5 Å². The third-order valence-electron chi connectivity index (χ3n) is 4.77. The minimum Gasteiger partial charge on any atom is -0.361 e. The molecule has 1 aliphatic rings. The molecule has 6 heteroatoms. The number of H-pyrrole nitrogens is 1. The summed E-state index contributed by atoms with van der Waals surface area (Å²) in [5.74, 6) is -0.162. The van der Waals surface area contributed by atoms with Crippen LogP contribution < -0.4 is 16.0 Å². The first-order valence-corrected chi connectivity index (χ1v) is 8.65. The molecule has 1 aliphatic heterocycles. The van der Waals surface area contributed by atoms with E-state index in [-0.39, 0.29) is 17.9 Å². The van der Waals surface area contributed by atoms with Gasteiger partial charge in [0.15, 0.2) is 0 Å². The molecule has 26 heavy (non-hydrogen) atoms. The van der Waals surface area contributed by atoms with Gasteiger partial charge in [0.25, 0.3) is 0 Å². The number of amides is 3. The maximum Gasteiger partial charge on any atom is 0.315 e. The predicted molar refractivity (Wildman–Crippen MR) is 99.9 cm³/mol. The zero-order valence-corrected chi connectivity index (χ0v) is 14.2. The molecular formula is C20H20N4O2. The Morgan fingerprint density at radius 1 is 1.12 bits per heavy atom. The molecular weight excluding hydrogens is 328 g/mol. The predicted octanol–water partition coefficient (Wildman–Crippen LogP) is 2.10. The lowest BCUT2D eigenvalue weighted by Gasteiger charge is -2.19. The highest BCUT2D eigenvalue weighted by molar-refractivity contribution is 5.90. The van der Waals surface area contributed by atoms with Crippen molar-refractivity contribution in [3.63, 3.8) is 0 Å². The molecule has 3 amide bonds. The Balaban J connectivity index is 1.60. The van der Waals surface area contributed by atoms with Crippen LogP contribution >= 0.6 is 0 Å². The summed E-state index contributed by atoms with van der Waals surface area (Å²) in [5, 5.41) is 9.35. The fourth-order valence-corrected chi connectivity index (χ4v) is 3.41. The molecule has 1 fully saturated rings. The van der Waals surface area contributed by atoms with E-state index >= 15 is 0 Å². The number of aromatic amines is 1. The second kappa shape index (κ2) is 6.92. The minimum absolute atomic E-state index is 0.0152. The molecule has 2 atom stereocenters. The molecule has 4 rings (SSSR count). The van der Waals surface area contributed by atoms with Crippen molar-refractivity contribution >= 4 is 22.8 Å². The lowest BCUT2D eigenvalue weighted by atomic mass is 9.91. The van der Waals surface area contributed by atoms with E-state index in [1.165, 1.54) is 0 Å². The monoisotopic (exact) mass is 348 g/mol. The normalized spacial score (nSPS) is 17.5. The van der Waals surface area contributed by atoms with Gasteiger partial charge < -0.3 is 20.9 Å². The van der Waals surface area contributed by atoms with Crippen LogP contribution in [0.1, 0.15) is 17.0 Å². The molecule has 0 radical (unpaired) electrons. The molecule has 2 heterocycles. The van der Waals surface area contributed by atoms with E-state index in [0.29, 0.717) is 13.1 Å². The first-order valence-electron chi connectivity index (χ1n) is 8.65. The van der Waals surface area contributed by atoms with Crippen molar-refractivity contribution in [2.75, 3.05) is 13.1 Å². The number of benzene rings is 2. The largest absolute Gasteiger partial charge is 0.361 e. The van der Waals surface area contributed by atoms with Crippen LogP contribution in [0.2, 0.25) is 0 Å². The fraction of sp³-hybridized carbons (Fsp3) is 0.200. The van der Waals surface area contributed by atoms with E-state index in [9.17, 15) is 9.59 Å². The Labute approximate surface area is 151 Å². The summed E-state index contributed by atoms with van der Waals surface area (Å²) in [5.41, 5.74) is 3.34. The van der Waals surface area contributed by atoms with Gasteiger partial charge in [0, 0.05) is 36.1 Å². The SMILES string of the molecule is O=C1NC[C@H](C(=O)NC[C@@H](c2ccccc2)c2c[nH]c3ccccc23)N1. The van der Waals surface area contributed by atoms with Crippen molar-refractivity contribution in [3.05, 3.63) is 71.9 Å². The second-order valence-electron chi connectivity index (χ2n) is 6.40. The van der Waals surface area contributed by atoms with Gasteiger partial charge in [0.2, 0.25) is 5.91 Å². The number of nitrogens with one attached hydrogen (secondary N) is 4. The van der Waals surface area contributed by atoms with Crippen molar-refractivity contribution in [1.29, 1.82) is 0 Å². The first kappa shape index (κ1) is 16.2. The average Bonchev–Trinajstić information content (AvgIpc) is 3.29. The average molecular weight is 348 g/mol. The van der Waals surface area contributed by atoms with Gasteiger partial charge in [-0.3, -0.25) is 4.79 Å². The molecule has 1 saturated heterocycles. The van der Waals surface area contributed by atoms with Crippen LogP contribution in [0.4, 0.5) is 4.79 Å². The van der Waals surface area contributed by atoms with E-state index in [0.717, 1.165) is 22.0 Å². The molecule has 0 aliphatic carbocycles. The molecule has 0 spiro atoms. The van der Waals surface area contributed by atoms with Gasteiger partial charge in [0.1, 0.15) is 6.04 Å². The molecule has 3 aromatic rings. The Morgan fingerprint density at radius 2 is 1.88 bits per heavy atom. The summed E-state index contributed by atoms with van der Waals surface area (Å²) >= 11 is 0. The van der Waals surface area contributed by atoms with E-state index in [2.05, 4.69) is 39.1 Å². The van der Waals surface area contributed by atoms with Crippen LogP contribution in [0.15, 0.2) is 60.8 Å². The van der Waals surface area contributed by atoms with Crippen LogP contribution in [0.5, 0.6) is 0 Å². The van der Waals surface area contributed by atoms with Gasteiger partial charge in [0.05, 0.1) is 0 Å². The number of carbonyl (C=O) groups is 2. The van der Waals surface area contributed by atoms with Crippen LogP contribution in [0.3, 0.4) is 0 Å². The number of para-hydroxylation sites is 1. The van der Waals surface area contributed by atoms with Crippen LogP contribution in [-0.4, -0.2) is 36.1 Å². The Kier molecular flexibility index (Phi) is 4.31. The lowest BCUT2D eigenvalue weighted by molar-refractivity contribution is -0.122. The quantitative estimate of drug-likeness (QED) is 0.569. The van der Waals surface area contributed by atoms with E-state index in [1.54, 1.807) is 0 Å². The van der Waals surface area contributed by atoms with E-state index < -0.39 is 6.04 Å². The Morgan fingerprint density at radius 3 is 2.65 bits per heavy atom.